The summed E-state index contributed by atoms with van der Waals surface area (Å²) in [6, 6.07) is 24.5. The number of anilines is 1. The molecule has 1 aliphatic rings. The zero-order valence-corrected chi connectivity index (χ0v) is 17.8. The van der Waals surface area contributed by atoms with E-state index in [1.807, 2.05) is 59.3 Å². The highest BCUT2D eigenvalue weighted by molar-refractivity contribution is 7.80. The Morgan fingerprint density at radius 2 is 1.81 bits per heavy atom. The van der Waals surface area contributed by atoms with Crippen LogP contribution in [0.15, 0.2) is 91.3 Å². The van der Waals surface area contributed by atoms with Crippen molar-refractivity contribution >= 4 is 23.0 Å². The van der Waals surface area contributed by atoms with Crippen molar-refractivity contribution < 1.29 is 4.39 Å². The van der Waals surface area contributed by atoms with Gasteiger partial charge < -0.3 is 14.8 Å². The maximum atomic E-state index is 14.7. The molecule has 0 saturated carbocycles. The van der Waals surface area contributed by atoms with Crippen LogP contribution in [0.25, 0.3) is 5.69 Å². The lowest BCUT2D eigenvalue weighted by atomic mass is 10.0. The Bertz CT molecular complexity index is 1240. The predicted molar refractivity (Wildman–Crippen MR) is 125 cm³/mol. The molecule has 3 heterocycles. The molecule has 5 rings (SSSR count). The molecule has 0 unspecified atom stereocenters. The first-order chi connectivity index (χ1) is 15.1. The van der Waals surface area contributed by atoms with Gasteiger partial charge in [0.05, 0.1) is 17.4 Å². The molecule has 2 atom stereocenters. The van der Waals surface area contributed by atoms with Crippen molar-refractivity contribution in [3.63, 3.8) is 0 Å². The number of hydrogen-bond donors (Lipinski definition) is 1. The third-order valence-corrected chi connectivity index (χ3v) is 5.89. The van der Waals surface area contributed by atoms with Gasteiger partial charge in [0, 0.05) is 23.8 Å². The Labute approximate surface area is 186 Å². The molecule has 1 saturated heterocycles. The molecule has 2 aromatic carbocycles. The summed E-state index contributed by atoms with van der Waals surface area (Å²) in [5.41, 5.74) is 4.44. The lowest BCUT2D eigenvalue weighted by Crippen LogP contribution is -2.30. The molecule has 1 aliphatic heterocycles. The maximum Gasteiger partial charge on any atom is 0.174 e. The highest BCUT2D eigenvalue weighted by Gasteiger charge is 2.42. The molecule has 0 bridgehead atoms. The van der Waals surface area contributed by atoms with Gasteiger partial charge in [-0.1, -0.05) is 30.3 Å². The van der Waals surface area contributed by atoms with Crippen LogP contribution >= 0.6 is 12.2 Å². The summed E-state index contributed by atoms with van der Waals surface area (Å²) in [5.74, 6) is -0.273. The zero-order chi connectivity index (χ0) is 21.4. The minimum atomic E-state index is -0.273. The molecule has 4 nitrogen and oxygen atoms in total. The van der Waals surface area contributed by atoms with E-state index >= 15 is 0 Å². The van der Waals surface area contributed by atoms with E-state index in [9.17, 15) is 4.39 Å². The molecular formula is C25H21FN4S. The minimum Gasteiger partial charge on any atom is -0.351 e. The van der Waals surface area contributed by atoms with Gasteiger partial charge in [0.25, 0.3) is 0 Å². The molecule has 0 spiro atoms. The van der Waals surface area contributed by atoms with E-state index in [-0.39, 0.29) is 17.9 Å². The zero-order valence-electron chi connectivity index (χ0n) is 16.9. The summed E-state index contributed by atoms with van der Waals surface area (Å²) in [6.07, 6.45) is 3.67. The molecule has 1 fully saturated rings. The van der Waals surface area contributed by atoms with Crippen LogP contribution in [0, 0.1) is 12.7 Å². The summed E-state index contributed by atoms with van der Waals surface area (Å²) in [6.45, 7) is 2.06. The lowest BCUT2D eigenvalue weighted by Gasteiger charge is -2.29. The van der Waals surface area contributed by atoms with Gasteiger partial charge in [-0.05, 0) is 73.2 Å². The van der Waals surface area contributed by atoms with Crippen molar-refractivity contribution in [1.29, 1.82) is 0 Å². The molecule has 1 N–H and O–H groups in total. The van der Waals surface area contributed by atoms with Gasteiger partial charge in [0.1, 0.15) is 11.9 Å². The van der Waals surface area contributed by atoms with Gasteiger partial charge in [-0.2, -0.15) is 0 Å². The van der Waals surface area contributed by atoms with Gasteiger partial charge in [0.15, 0.2) is 5.11 Å². The van der Waals surface area contributed by atoms with E-state index in [4.69, 9.17) is 12.2 Å². The van der Waals surface area contributed by atoms with Crippen molar-refractivity contribution in [3.05, 3.63) is 114 Å². The number of aromatic nitrogens is 2. The Kier molecular flexibility index (Phi) is 5.00. The average molecular weight is 429 g/mol. The van der Waals surface area contributed by atoms with Crippen molar-refractivity contribution in [2.75, 3.05) is 4.90 Å². The Morgan fingerprint density at radius 1 is 0.968 bits per heavy atom. The Morgan fingerprint density at radius 3 is 2.58 bits per heavy atom. The average Bonchev–Trinajstić information content (AvgIpc) is 3.39. The standard InChI is InChI=1S/C25H21FN4S/c1-17-8-6-9-18(16-17)30-24(23(28-25(30)31)20-11-4-5-14-27-20)22-13-7-15-29(22)21-12-3-2-10-19(21)26/h2-16,23-24H,1H3,(H,28,31)/t23-,24-/m0/s1. The van der Waals surface area contributed by atoms with E-state index in [1.165, 1.54) is 6.07 Å². The summed E-state index contributed by atoms with van der Waals surface area (Å²) in [7, 11) is 0. The Hall–Kier alpha value is -3.51. The van der Waals surface area contributed by atoms with Crippen LogP contribution in [0.4, 0.5) is 10.1 Å². The van der Waals surface area contributed by atoms with Gasteiger partial charge in [0.2, 0.25) is 0 Å². The van der Waals surface area contributed by atoms with Crippen LogP contribution in [0.3, 0.4) is 0 Å². The number of para-hydroxylation sites is 1. The van der Waals surface area contributed by atoms with Crippen LogP contribution in [0.5, 0.6) is 0 Å². The second kappa shape index (κ2) is 7.96. The normalized spacial score (nSPS) is 18.3. The molecule has 6 heteroatoms. The van der Waals surface area contributed by atoms with Crippen molar-refractivity contribution in [1.82, 2.24) is 14.9 Å². The molecule has 0 aliphatic carbocycles. The second-order valence-electron chi connectivity index (χ2n) is 7.59. The molecule has 0 amide bonds. The molecule has 0 radical (unpaired) electrons. The number of nitrogens with zero attached hydrogens (tertiary/aromatic N) is 3. The van der Waals surface area contributed by atoms with Crippen LogP contribution < -0.4 is 10.2 Å². The van der Waals surface area contributed by atoms with E-state index in [1.54, 1.807) is 18.3 Å². The van der Waals surface area contributed by atoms with Gasteiger partial charge in [-0.15, -0.1) is 0 Å². The van der Waals surface area contributed by atoms with Crippen LogP contribution in [-0.4, -0.2) is 14.7 Å². The highest BCUT2D eigenvalue weighted by atomic mass is 32.1. The van der Waals surface area contributed by atoms with Crippen molar-refractivity contribution in [2.45, 2.75) is 19.0 Å². The third kappa shape index (κ3) is 3.49. The number of rotatable bonds is 4. The summed E-state index contributed by atoms with van der Waals surface area (Å²) in [5, 5.41) is 4.08. The number of hydrogen-bond acceptors (Lipinski definition) is 2. The number of pyridine rings is 1. The number of benzene rings is 2. The van der Waals surface area contributed by atoms with E-state index < -0.39 is 0 Å². The molecule has 2 aromatic heterocycles. The molecular weight excluding hydrogens is 407 g/mol. The minimum absolute atomic E-state index is 0.186. The predicted octanol–water partition coefficient (Wildman–Crippen LogP) is 5.50. The largest absolute Gasteiger partial charge is 0.351 e. The summed E-state index contributed by atoms with van der Waals surface area (Å²) in [4.78, 5) is 6.69. The first kappa shape index (κ1) is 19.5. The number of halogens is 1. The van der Waals surface area contributed by atoms with Gasteiger partial charge in [-0.25, -0.2) is 4.39 Å². The third-order valence-electron chi connectivity index (χ3n) is 5.57. The fourth-order valence-electron chi connectivity index (χ4n) is 4.21. The van der Waals surface area contributed by atoms with Gasteiger partial charge >= 0.3 is 0 Å². The maximum absolute atomic E-state index is 14.7. The fourth-order valence-corrected chi connectivity index (χ4v) is 4.56. The van der Waals surface area contributed by atoms with E-state index in [0.29, 0.717) is 10.8 Å². The smallest absolute Gasteiger partial charge is 0.174 e. The summed E-state index contributed by atoms with van der Waals surface area (Å²) < 4.78 is 16.6. The fraction of sp³-hybridized carbons (Fsp3) is 0.120. The topological polar surface area (TPSA) is 33.1 Å². The molecule has 154 valence electrons. The first-order valence-electron chi connectivity index (χ1n) is 10.1. The quantitative estimate of drug-likeness (QED) is 0.435. The highest BCUT2D eigenvalue weighted by Crippen LogP contribution is 2.42. The number of thiocarbonyl (C=S) groups is 1. The SMILES string of the molecule is Cc1cccc(N2C(=S)N[C@@H](c3ccccn3)[C@@H]2c2cccn2-c2ccccc2F)c1. The van der Waals surface area contributed by atoms with Crippen LogP contribution in [0.2, 0.25) is 0 Å². The van der Waals surface area contributed by atoms with Gasteiger partial charge in [-0.3, -0.25) is 4.98 Å². The van der Waals surface area contributed by atoms with Crippen LogP contribution in [0.1, 0.15) is 29.0 Å². The second-order valence-corrected chi connectivity index (χ2v) is 7.98. The summed E-state index contributed by atoms with van der Waals surface area (Å²) >= 11 is 5.78. The van der Waals surface area contributed by atoms with Crippen molar-refractivity contribution in [3.8, 4) is 5.69 Å². The molecule has 4 aromatic rings. The first-order valence-corrected chi connectivity index (χ1v) is 10.5. The van der Waals surface area contributed by atoms with Crippen LogP contribution in [-0.2, 0) is 0 Å². The molecule has 31 heavy (non-hydrogen) atoms. The monoisotopic (exact) mass is 428 g/mol. The van der Waals surface area contributed by atoms with E-state index in [2.05, 4.69) is 34.3 Å². The lowest BCUT2D eigenvalue weighted by molar-refractivity contribution is 0.544. The number of nitrogens with one attached hydrogen (secondary N) is 1. The number of aryl methyl sites for hydroxylation is 1. The Balaban J connectivity index is 1.69. The van der Waals surface area contributed by atoms with Crippen molar-refractivity contribution in [2.24, 2.45) is 0 Å². The van der Waals surface area contributed by atoms with E-state index in [0.717, 1.165) is 22.6 Å².